The van der Waals surface area contributed by atoms with Crippen molar-refractivity contribution >= 4 is 29.0 Å². The van der Waals surface area contributed by atoms with Crippen LogP contribution in [-0.4, -0.2) is 17.6 Å². The Morgan fingerprint density at radius 3 is 2.13 bits per heavy atom. The van der Waals surface area contributed by atoms with Crippen molar-refractivity contribution in [2.45, 2.75) is 30.5 Å². The van der Waals surface area contributed by atoms with Crippen LogP contribution < -0.4 is 15.5 Å². The van der Waals surface area contributed by atoms with Gasteiger partial charge in [0, 0.05) is 23.0 Å². The average Bonchev–Trinajstić information content (AvgIpc) is 3.54. The van der Waals surface area contributed by atoms with E-state index in [0.29, 0.717) is 23.4 Å². The maximum absolute atomic E-state index is 15.0. The van der Waals surface area contributed by atoms with E-state index < -0.39 is 22.9 Å². The highest BCUT2D eigenvalue weighted by Crippen LogP contribution is 2.65. The first-order valence-corrected chi connectivity index (χ1v) is 13.2. The Morgan fingerprint density at radius 2 is 1.41 bits per heavy atom. The third-order valence-electron chi connectivity index (χ3n) is 8.67. The molecule has 2 amide bonds. The van der Waals surface area contributed by atoms with Crippen molar-refractivity contribution in [3.05, 3.63) is 131 Å². The van der Waals surface area contributed by atoms with Gasteiger partial charge in [-0.15, -0.1) is 0 Å². The second-order valence-corrected chi connectivity index (χ2v) is 10.6. The van der Waals surface area contributed by atoms with Crippen LogP contribution in [0.3, 0.4) is 0 Å². The minimum absolute atomic E-state index is 0.146. The predicted molar refractivity (Wildman–Crippen MR) is 149 cm³/mol. The minimum atomic E-state index is -1.49. The molecule has 1 fully saturated rings. The Balaban J connectivity index is 1.54. The number of nitrogens with one attached hydrogen (secondary N) is 2. The Kier molecular flexibility index (Phi) is 5.12. The molecule has 0 unspecified atom stereocenters. The van der Waals surface area contributed by atoms with E-state index in [1.54, 1.807) is 4.90 Å². The monoisotopic (exact) mass is 513 g/mol. The standard InChI is InChI=1S/C33H27N3O3/c1-21(37)28-29(23-14-6-3-7-15-23)35-33(32(28)24-16-8-10-18-26(24)34-30(32)38)25-17-9-11-19-27(25)36(31(33)39)20-22-12-4-2-5-13-22/h2-19,28-29,35H,20H2,1H3,(H,34,38)/t28-,29-,32-,33+/m0/s1. The maximum Gasteiger partial charge on any atom is 0.253 e. The number of nitrogens with zero attached hydrogens (tertiary/aromatic N) is 1. The van der Waals surface area contributed by atoms with Gasteiger partial charge in [-0.25, -0.2) is 0 Å². The Labute approximate surface area is 226 Å². The first kappa shape index (κ1) is 23.6. The number of Topliss-reactive ketones (excluding diaryl/α,β-unsaturated/α-hetero) is 1. The van der Waals surface area contributed by atoms with E-state index in [1.165, 1.54) is 6.92 Å². The summed E-state index contributed by atoms with van der Waals surface area (Å²) in [5.41, 5.74) is 1.61. The molecule has 0 radical (unpaired) electrons. The van der Waals surface area contributed by atoms with Crippen LogP contribution in [0.2, 0.25) is 0 Å². The van der Waals surface area contributed by atoms with Gasteiger partial charge in [-0.1, -0.05) is 97.1 Å². The zero-order valence-corrected chi connectivity index (χ0v) is 21.4. The highest BCUT2D eigenvalue weighted by atomic mass is 16.2. The van der Waals surface area contributed by atoms with Gasteiger partial charge in [0.25, 0.3) is 5.91 Å². The first-order valence-electron chi connectivity index (χ1n) is 13.2. The Bertz CT molecular complexity index is 1640. The van der Waals surface area contributed by atoms with Crippen LogP contribution in [0.4, 0.5) is 11.4 Å². The molecule has 6 nitrogen and oxygen atoms in total. The predicted octanol–water partition coefficient (Wildman–Crippen LogP) is 4.87. The summed E-state index contributed by atoms with van der Waals surface area (Å²) in [6.45, 7) is 1.88. The summed E-state index contributed by atoms with van der Waals surface area (Å²) >= 11 is 0. The number of anilines is 2. The van der Waals surface area contributed by atoms with Crippen molar-refractivity contribution in [2.75, 3.05) is 10.2 Å². The lowest BCUT2D eigenvalue weighted by molar-refractivity contribution is -0.137. The van der Waals surface area contributed by atoms with Crippen molar-refractivity contribution in [2.24, 2.45) is 5.92 Å². The van der Waals surface area contributed by atoms with Gasteiger partial charge in [-0.3, -0.25) is 19.7 Å². The highest BCUT2D eigenvalue weighted by Gasteiger charge is 2.78. The molecular formula is C33H27N3O3. The fourth-order valence-electron chi connectivity index (χ4n) is 7.25. The quantitative estimate of drug-likeness (QED) is 0.408. The van der Waals surface area contributed by atoms with E-state index >= 15 is 4.79 Å². The van der Waals surface area contributed by atoms with Crippen molar-refractivity contribution < 1.29 is 14.4 Å². The van der Waals surface area contributed by atoms with E-state index in [4.69, 9.17) is 0 Å². The molecule has 192 valence electrons. The number of fused-ring (bicyclic) bond motifs is 5. The lowest BCUT2D eigenvalue weighted by Gasteiger charge is -2.40. The number of benzene rings is 4. The van der Waals surface area contributed by atoms with E-state index in [-0.39, 0.29) is 17.6 Å². The van der Waals surface area contributed by atoms with Crippen LogP contribution in [-0.2, 0) is 31.9 Å². The summed E-state index contributed by atoms with van der Waals surface area (Å²) in [6.07, 6.45) is 0. The topological polar surface area (TPSA) is 78.5 Å². The lowest BCUT2D eigenvalue weighted by atomic mass is 9.58. The fraction of sp³-hybridized carbons (Fsp3) is 0.182. The SMILES string of the molecule is CC(=O)[C@H]1[C@H](c2ccccc2)N[C@]2(C(=O)N(Cc3ccccc3)c3ccccc32)[C@]12C(=O)Nc1ccccc12. The maximum atomic E-state index is 15.0. The molecule has 2 N–H and O–H groups in total. The number of rotatable bonds is 4. The van der Waals surface area contributed by atoms with Gasteiger partial charge in [-0.05, 0) is 35.7 Å². The summed E-state index contributed by atoms with van der Waals surface area (Å²) in [4.78, 5) is 45.0. The zero-order chi connectivity index (χ0) is 26.8. The molecule has 6 heteroatoms. The molecule has 3 heterocycles. The molecule has 3 aliphatic heterocycles. The first-order chi connectivity index (χ1) is 19.0. The molecule has 3 aliphatic rings. The number of carbonyl (C=O) groups excluding carboxylic acids is 3. The lowest BCUT2D eigenvalue weighted by Crippen LogP contribution is -2.62. The van der Waals surface area contributed by atoms with E-state index in [2.05, 4.69) is 10.6 Å². The molecule has 4 aromatic carbocycles. The van der Waals surface area contributed by atoms with E-state index in [1.807, 2.05) is 109 Å². The number of ketones is 1. The highest BCUT2D eigenvalue weighted by molar-refractivity contribution is 6.20. The van der Waals surface area contributed by atoms with Gasteiger partial charge in [0.05, 0.1) is 12.5 Å². The molecule has 7 rings (SSSR count). The smallest absolute Gasteiger partial charge is 0.253 e. The largest absolute Gasteiger partial charge is 0.325 e. The fourth-order valence-corrected chi connectivity index (χ4v) is 7.25. The van der Waals surface area contributed by atoms with Crippen LogP contribution in [0.1, 0.15) is 35.2 Å². The summed E-state index contributed by atoms with van der Waals surface area (Å²) in [5, 5.41) is 6.72. The Hall–Kier alpha value is -4.55. The van der Waals surface area contributed by atoms with Crippen LogP contribution in [0, 0.1) is 5.92 Å². The third-order valence-corrected chi connectivity index (χ3v) is 8.67. The van der Waals surface area contributed by atoms with Crippen molar-refractivity contribution in [3.8, 4) is 0 Å². The number of carbonyl (C=O) groups is 3. The van der Waals surface area contributed by atoms with Crippen molar-refractivity contribution in [3.63, 3.8) is 0 Å². The normalized spacial score (nSPS) is 26.6. The van der Waals surface area contributed by atoms with Gasteiger partial charge >= 0.3 is 0 Å². The number of para-hydroxylation sites is 2. The summed E-state index contributed by atoms with van der Waals surface area (Å²) in [6, 6.07) is 34.0. The molecule has 2 spiro atoms. The number of hydrogen-bond donors (Lipinski definition) is 2. The van der Waals surface area contributed by atoms with Crippen LogP contribution >= 0.6 is 0 Å². The Morgan fingerprint density at radius 1 is 0.795 bits per heavy atom. The third kappa shape index (κ3) is 2.98. The van der Waals surface area contributed by atoms with Crippen LogP contribution in [0.25, 0.3) is 0 Å². The molecule has 0 aromatic heterocycles. The van der Waals surface area contributed by atoms with E-state index in [0.717, 1.165) is 16.8 Å². The van der Waals surface area contributed by atoms with Crippen LogP contribution in [0.15, 0.2) is 109 Å². The zero-order valence-electron chi connectivity index (χ0n) is 21.4. The number of amides is 2. The molecule has 4 aromatic rings. The van der Waals surface area contributed by atoms with Crippen molar-refractivity contribution in [1.82, 2.24) is 5.32 Å². The molecule has 39 heavy (non-hydrogen) atoms. The molecule has 0 aliphatic carbocycles. The van der Waals surface area contributed by atoms with Gasteiger partial charge in [0.2, 0.25) is 5.91 Å². The van der Waals surface area contributed by atoms with Crippen LogP contribution in [0.5, 0.6) is 0 Å². The van der Waals surface area contributed by atoms with E-state index in [9.17, 15) is 9.59 Å². The van der Waals surface area contributed by atoms with Gasteiger partial charge in [-0.2, -0.15) is 0 Å². The molecule has 0 bridgehead atoms. The molecular weight excluding hydrogens is 486 g/mol. The number of hydrogen-bond acceptors (Lipinski definition) is 4. The molecule has 0 saturated carbocycles. The van der Waals surface area contributed by atoms with Gasteiger partial charge in [0.1, 0.15) is 16.7 Å². The van der Waals surface area contributed by atoms with Gasteiger partial charge in [0.15, 0.2) is 0 Å². The molecule has 4 atom stereocenters. The summed E-state index contributed by atoms with van der Waals surface area (Å²) in [7, 11) is 0. The average molecular weight is 514 g/mol. The van der Waals surface area contributed by atoms with Gasteiger partial charge < -0.3 is 10.2 Å². The molecule has 1 saturated heterocycles. The minimum Gasteiger partial charge on any atom is -0.325 e. The summed E-state index contributed by atoms with van der Waals surface area (Å²) < 4.78 is 0. The second-order valence-electron chi connectivity index (χ2n) is 10.6. The second kappa shape index (κ2) is 8.48. The summed E-state index contributed by atoms with van der Waals surface area (Å²) in [5.74, 6) is -1.53. The van der Waals surface area contributed by atoms with Crippen molar-refractivity contribution in [1.29, 1.82) is 0 Å².